The number of likely N-dealkylation sites (tertiary alicyclic amines) is 1. The SMILES string of the molecule is Cc1cccc(COc2ccc(/C(O)=C3\C(=O)C(=O)N(Cc4cccnc4)[C@H]3c3ccccc3F)cc2)c1. The Labute approximate surface area is 219 Å². The van der Waals surface area contributed by atoms with Crippen molar-refractivity contribution in [2.75, 3.05) is 0 Å². The van der Waals surface area contributed by atoms with Crippen LogP contribution in [-0.4, -0.2) is 26.7 Å². The van der Waals surface area contributed by atoms with E-state index in [9.17, 15) is 19.1 Å². The molecule has 38 heavy (non-hydrogen) atoms. The normalized spacial score (nSPS) is 16.6. The number of aryl methyl sites for hydroxylation is 1. The Kier molecular flexibility index (Phi) is 7.00. The Morgan fingerprint density at radius 1 is 0.974 bits per heavy atom. The topological polar surface area (TPSA) is 79.7 Å². The van der Waals surface area contributed by atoms with Gasteiger partial charge in [0.05, 0.1) is 11.6 Å². The molecule has 0 bridgehead atoms. The van der Waals surface area contributed by atoms with E-state index in [-0.39, 0.29) is 23.4 Å². The standard InChI is InChI=1S/C31H25FN2O4/c1-20-6-4-7-21(16-20)19-38-24-13-11-23(12-14-24)29(35)27-28(25-9-2-3-10-26(25)32)34(31(37)30(27)36)18-22-8-5-15-33-17-22/h2-17,28,35H,18-19H2,1H3/b29-27+/t28-/m0/s1. The number of halogens is 1. The molecule has 1 fully saturated rings. The van der Waals surface area contributed by atoms with Crippen LogP contribution in [0.5, 0.6) is 5.75 Å². The summed E-state index contributed by atoms with van der Waals surface area (Å²) in [5.41, 5.74) is 3.10. The summed E-state index contributed by atoms with van der Waals surface area (Å²) in [4.78, 5) is 31.6. The lowest BCUT2D eigenvalue weighted by Crippen LogP contribution is -2.29. The van der Waals surface area contributed by atoms with Gasteiger partial charge in [-0.25, -0.2) is 4.39 Å². The molecular weight excluding hydrogens is 483 g/mol. The fraction of sp³-hybridized carbons (Fsp3) is 0.129. The molecular formula is C31H25FN2O4. The number of pyridine rings is 1. The van der Waals surface area contributed by atoms with Gasteiger partial charge in [-0.15, -0.1) is 0 Å². The number of aliphatic hydroxyl groups is 1. The van der Waals surface area contributed by atoms with Gasteiger partial charge in [-0.05, 0) is 54.4 Å². The molecule has 1 aliphatic heterocycles. The van der Waals surface area contributed by atoms with Crippen LogP contribution >= 0.6 is 0 Å². The van der Waals surface area contributed by atoms with Crippen molar-refractivity contribution < 1.29 is 23.8 Å². The molecule has 0 saturated carbocycles. The molecule has 1 amide bonds. The van der Waals surface area contributed by atoms with Crippen molar-refractivity contribution in [1.82, 2.24) is 9.88 Å². The van der Waals surface area contributed by atoms with Crippen LogP contribution in [0, 0.1) is 12.7 Å². The minimum Gasteiger partial charge on any atom is -0.507 e. The number of benzene rings is 3. The molecule has 1 aromatic heterocycles. The fourth-order valence-electron chi connectivity index (χ4n) is 4.58. The second-order valence-electron chi connectivity index (χ2n) is 9.11. The number of carbonyl (C=O) groups excluding carboxylic acids is 2. The zero-order valence-electron chi connectivity index (χ0n) is 20.7. The van der Waals surface area contributed by atoms with Gasteiger partial charge in [0.15, 0.2) is 0 Å². The first kappa shape index (κ1) is 24.9. The lowest BCUT2D eigenvalue weighted by Gasteiger charge is -2.25. The summed E-state index contributed by atoms with van der Waals surface area (Å²) in [5.74, 6) is -2.08. The van der Waals surface area contributed by atoms with Crippen molar-refractivity contribution in [3.8, 4) is 5.75 Å². The minimum atomic E-state index is -1.10. The number of amides is 1. The minimum absolute atomic E-state index is 0.0277. The van der Waals surface area contributed by atoms with Crippen LogP contribution in [0.1, 0.15) is 33.9 Å². The smallest absolute Gasteiger partial charge is 0.295 e. The molecule has 1 atom stereocenters. The third kappa shape index (κ3) is 5.04. The van der Waals surface area contributed by atoms with E-state index in [0.717, 1.165) is 11.1 Å². The number of carbonyl (C=O) groups is 2. The van der Waals surface area contributed by atoms with E-state index in [4.69, 9.17) is 4.74 Å². The molecule has 0 unspecified atom stereocenters. The van der Waals surface area contributed by atoms with Crippen LogP contribution in [0.4, 0.5) is 4.39 Å². The predicted octanol–water partition coefficient (Wildman–Crippen LogP) is 5.73. The van der Waals surface area contributed by atoms with Crippen LogP contribution in [0.15, 0.2) is 103 Å². The maximum Gasteiger partial charge on any atom is 0.295 e. The van der Waals surface area contributed by atoms with E-state index in [0.29, 0.717) is 23.5 Å². The first-order valence-corrected chi connectivity index (χ1v) is 12.1. The number of rotatable bonds is 7. The second kappa shape index (κ2) is 10.7. The second-order valence-corrected chi connectivity index (χ2v) is 9.11. The number of Topliss-reactive ketones (excluding diaryl/α,β-unsaturated/α-hetero) is 1. The molecule has 6 nitrogen and oxygen atoms in total. The van der Waals surface area contributed by atoms with Gasteiger partial charge in [-0.3, -0.25) is 14.6 Å². The maximum absolute atomic E-state index is 15.0. The highest BCUT2D eigenvalue weighted by Crippen LogP contribution is 2.41. The maximum atomic E-state index is 15.0. The molecule has 190 valence electrons. The van der Waals surface area contributed by atoms with Gasteiger partial charge in [0, 0.05) is 30.1 Å². The largest absolute Gasteiger partial charge is 0.507 e. The van der Waals surface area contributed by atoms with E-state index in [2.05, 4.69) is 4.98 Å². The van der Waals surface area contributed by atoms with E-state index >= 15 is 0 Å². The van der Waals surface area contributed by atoms with Crippen LogP contribution in [0.2, 0.25) is 0 Å². The van der Waals surface area contributed by atoms with Crippen LogP contribution in [-0.2, 0) is 22.7 Å². The molecule has 4 aromatic rings. The Bertz CT molecular complexity index is 1520. The average molecular weight is 509 g/mol. The number of ether oxygens (including phenoxy) is 1. The molecule has 0 radical (unpaired) electrons. The molecule has 1 saturated heterocycles. The average Bonchev–Trinajstić information content (AvgIpc) is 3.17. The molecule has 1 N–H and O–H groups in total. The fourth-order valence-corrected chi connectivity index (χ4v) is 4.58. The molecule has 7 heteroatoms. The Morgan fingerprint density at radius 3 is 2.45 bits per heavy atom. The Hall–Kier alpha value is -4.78. The van der Waals surface area contributed by atoms with Gasteiger partial charge in [-0.2, -0.15) is 0 Å². The lowest BCUT2D eigenvalue weighted by molar-refractivity contribution is -0.140. The summed E-state index contributed by atoms with van der Waals surface area (Å²) >= 11 is 0. The number of nitrogens with zero attached hydrogens (tertiary/aromatic N) is 2. The lowest BCUT2D eigenvalue weighted by atomic mass is 9.94. The number of hydrogen-bond donors (Lipinski definition) is 1. The highest BCUT2D eigenvalue weighted by Gasteiger charge is 2.46. The summed E-state index contributed by atoms with van der Waals surface area (Å²) in [5, 5.41) is 11.2. The van der Waals surface area contributed by atoms with E-state index < -0.39 is 23.5 Å². The Morgan fingerprint density at radius 2 is 1.74 bits per heavy atom. The van der Waals surface area contributed by atoms with E-state index in [1.165, 1.54) is 23.1 Å². The summed E-state index contributed by atoms with van der Waals surface area (Å²) in [7, 11) is 0. The quantitative estimate of drug-likeness (QED) is 0.196. The van der Waals surface area contributed by atoms with Crippen molar-refractivity contribution in [3.63, 3.8) is 0 Å². The summed E-state index contributed by atoms with van der Waals surface area (Å²) in [6.45, 7) is 2.41. The van der Waals surface area contributed by atoms with Crippen molar-refractivity contribution in [2.24, 2.45) is 0 Å². The van der Waals surface area contributed by atoms with Crippen molar-refractivity contribution in [2.45, 2.75) is 26.1 Å². The highest BCUT2D eigenvalue weighted by molar-refractivity contribution is 6.46. The molecule has 0 spiro atoms. The van der Waals surface area contributed by atoms with Gasteiger partial charge in [0.1, 0.15) is 23.9 Å². The highest BCUT2D eigenvalue weighted by atomic mass is 19.1. The van der Waals surface area contributed by atoms with Crippen molar-refractivity contribution in [3.05, 3.63) is 137 Å². The summed E-state index contributed by atoms with van der Waals surface area (Å²) in [6, 6.07) is 22.9. The molecule has 3 aromatic carbocycles. The van der Waals surface area contributed by atoms with Crippen molar-refractivity contribution >= 4 is 17.4 Å². The number of aliphatic hydroxyl groups excluding tert-OH is 1. The first-order chi connectivity index (χ1) is 18.4. The van der Waals surface area contributed by atoms with E-state index in [1.807, 2.05) is 31.2 Å². The number of hydrogen-bond acceptors (Lipinski definition) is 5. The monoisotopic (exact) mass is 508 g/mol. The summed E-state index contributed by atoms with van der Waals surface area (Å²) < 4.78 is 20.8. The molecule has 1 aliphatic rings. The van der Waals surface area contributed by atoms with Crippen LogP contribution < -0.4 is 4.74 Å². The number of ketones is 1. The van der Waals surface area contributed by atoms with Gasteiger partial charge >= 0.3 is 0 Å². The molecule has 2 heterocycles. The first-order valence-electron chi connectivity index (χ1n) is 12.1. The van der Waals surface area contributed by atoms with Gasteiger partial charge in [0.25, 0.3) is 11.7 Å². The van der Waals surface area contributed by atoms with Crippen LogP contribution in [0.25, 0.3) is 5.76 Å². The third-order valence-electron chi connectivity index (χ3n) is 6.43. The van der Waals surface area contributed by atoms with E-state index in [1.54, 1.807) is 54.9 Å². The zero-order valence-corrected chi connectivity index (χ0v) is 20.7. The summed E-state index contributed by atoms with van der Waals surface area (Å²) in [6.07, 6.45) is 3.17. The Balaban J connectivity index is 1.48. The van der Waals surface area contributed by atoms with Crippen molar-refractivity contribution in [1.29, 1.82) is 0 Å². The zero-order chi connectivity index (χ0) is 26.6. The van der Waals surface area contributed by atoms with Gasteiger partial charge < -0.3 is 14.7 Å². The van der Waals surface area contributed by atoms with Gasteiger partial charge in [0.2, 0.25) is 0 Å². The van der Waals surface area contributed by atoms with Crippen LogP contribution in [0.3, 0.4) is 0 Å². The molecule has 0 aliphatic carbocycles. The third-order valence-corrected chi connectivity index (χ3v) is 6.43. The molecule has 5 rings (SSSR count). The predicted molar refractivity (Wildman–Crippen MR) is 140 cm³/mol. The number of aromatic nitrogens is 1. The van der Waals surface area contributed by atoms with Gasteiger partial charge in [-0.1, -0.05) is 54.1 Å².